The highest BCUT2D eigenvalue weighted by Crippen LogP contribution is 2.35. The van der Waals surface area contributed by atoms with E-state index in [2.05, 4.69) is 10.3 Å². The van der Waals surface area contributed by atoms with Gasteiger partial charge in [-0.2, -0.15) is 0 Å². The Bertz CT molecular complexity index is 1020. The third-order valence-electron chi connectivity index (χ3n) is 5.27. The average molecular weight is 428 g/mol. The molecule has 2 unspecified atom stereocenters. The smallest absolute Gasteiger partial charge is 0.233 e. The number of nitrogens with one attached hydrogen (secondary N) is 1. The first-order chi connectivity index (χ1) is 14.3. The molecule has 2 aromatic carbocycles. The largest absolute Gasteiger partial charge is 0.508 e. The van der Waals surface area contributed by atoms with E-state index >= 15 is 0 Å². The Morgan fingerprint density at radius 3 is 2.73 bits per heavy atom. The first-order valence-corrected chi connectivity index (χ1v) is 10.6. The van der Waals surface area contributed by atoms with Gasteiger partial charge in [0, 0.05) is 35.8 Å². The lowest BCUT2D eigenvalue weighted by Gasteiger charge is -2.31. The van der Waals surface area contributed by atoms with E-state index in [0.717, 1.165) is 16.2 Å². The van der Waals surface area contributed by atoms with Crippen LogP contribution in [-0.4, -0.2) is 32.4 Å². The zero-order chi connectivity index (χ0) is 21.7. The summed E-state index contributed by atoms with van der Waals surface area (Å²) in [5, 5.41) is 12.3. The van der Waals surface area contributed by atoms with Gasteiger partial charge >= 0.3 is 0 Å². The lowest BCUT2D eigenvalue weighted by atomic mass is 9.76. The number of carbonyl (C=O) groups is 1. The van der Waals surface area contributed by atoms with Crippen LogP contribution in [0, 0.1) is 5.82 Å². The van der Waals surface area contributed by atoms with E-state index in [9.17, 15) is 14.3 Å². The molecule has 2 atom stereocenters. The first-order valence-electron chi connectivity index (χ1n) is 9.76. The van der Waals surface area contributed by atoms with E-state index < -0.39 is 5.41 Å². The highest BCUT2D eigenvalue weighted by atomic mass is 32.2. The lowest BCUT2D eigenvalue weighted by Crippen LogP contribution is -2.36. The second-order valence-electron chi connectivity index (χ2n) is 7.53. The summed E-state index contributed by atoms with van der Waals surface area (Å²) in [5.41, 5.74) is 1.27. The maximum absolute atomic E-state index is 13.9. The zero-order valence-electron chi connectivity index (χ0n) is 17.3. The molecule has 0 saturated carbocycles. The van der Waals surface area contributed by atoms with Gasteiger partial charge in [0.15, 0.2) is 0 Å². The van der Waals surface area contributed by atoms with Crippen molar-refractivity contribution in [3.8, 4) is 5.75 Å². The van der Waals surface area contributed by atoms with Gasteiger partial charge in [-0.05, 0) is 56.2 Å². The standard InChI is InChI=1S/C23H26FN3O2S/c1-16(30-20-9-5-8-19(28)13-20)22(29)26-11-10-23(2,21-14-25-15-27(21)3)17-6-4-7-18(24)12-17/h4-9,12-16,28H,10-11H2,1-3H3,(H,26,29). The molecule has 0 spiro atoms. The number of aromatic nitrogens is 2. The number of halogens is 1. The van der Waals surface area contributed by atoms with Crippen molar-refractivity contribution in [2.24, 2.45) is 7.05 Å². The van der Waals surface area contributed by atoms with Gasteiger partial charge in [-0.25, -0.2) is 9.37 Å². The zero-order valence-corrected chi connectivity index (χ0v) is 18.1. The molecular weight excluding hydrogens is 401 g/mol. The number of phenolic OH excluding ortho intramolecular Hbond substituents is 1. The minimum Gasteiger partial charge on any atom is -0.508 e. The van der Waals surface area contributed by atoms with Gasteiger partial charge in [0.1, 0.15) is 11.6 Å². The normalized spacial score (nSPS) is 14.1. The molecule has 1 amide bonds. The molecule has 0 aliphatic rings. The molecule has 7 heteroatoms. The fraction of sp³-hybridized carbons (Fsp3) is 0.304. The van der Waals surface area contributed by atoms with Gasteiger partial charge in [-0.1, -0.05) is 18.2 Å². The molecular formula is C23H26FN3O2S. The summed E-state index contributed by atoms with van der Waals surface area (Å²) >= 11 is 1.39. The molecule has 2 N–H and O–H groups in total. The fourth-order valence-electron chi connectivity index (χ4n) is 3.53. The van der Waals surface area contributed by atoms with E-state index in [4.69, 9.17) is 0 Å². The summed E-state index contributed by atoms with van der Waals surface area (Å²) in [4.78, 5) is 17.6. The summed E-state index contributed by atoms with van der Waals surface area (Å²) in [6.07, 6.45) is 4.10. The number of hydrogen-bond donors (Lipinski definition) is 2. The molecule has 0 fully saturated rings. The highest BCUT2D eigenvalue weighted by Gasteiger charge is 2.32. The van der Waals surface area contributed by atoms with Crippen LogP contribution in [0.5, 0.6) is 5.75 Å². The third-order valence-corrected chi connectivity index (χ3v) is 6.36. The summed E-state index contributed by atoms with van der Waals surface area (Å²) in [6, 6.07) is 13.4. The Hall–Kier alpha value is -2.80. The van der Waals surface area contributed by atoms with Gasteiger partial charge in [0.25, 0.3) is 0 Å². The number of rotatable bonds is 8. The van der Waals surface area contributed by atoms with Crippen LogP contribution in [-0.2, 0) is 17.3 Å². The number of hydrogen-bond acceptors (Lipinski definition) is 4. The van der Waals surface area contributed by atoms with Crippen LogP contribution in [0.2, 0.25) is 0 Å². The Labute approximate surface area is 180 Å². The number of carbonyl (C=O) groups excluding carboxylic acids is 1. The van der Waals surface area contributed by atoms with E-state index in [1.54, 1.807) is 36.8 Å². The number of benzene rings is 2. The van der Waals surface area contributed by atoms with Crippen molar-refractivity contribution in [1.29, 1.82) is 0 Å². The Balaban J connectivity index is 1.69. The van der Waals surface area contributed by atoms with Crippen LogP contribution < -0.4 is 5.32 Å². The number of nitrogens with zero attached hydrogens (tertiary/aromatic N) is 2. The Morgan fingerprint density at radius 2 is 2.07 bits per heavy atom. The highest BCUT2D eigenvalue weighted by molar-refractivity contribution is 8.00. The Morgan fingerprint density at radius 1 is 1.30 bits per heavy atom. The predicted molar refractivity (Wildman–Crippen MR) is 117 cm³/mol. The minimum absolute atomic E-state index is 0.0880. The molecule has 158 valence electrons. The maximum atomic E-state index is 13.9. The minimum atomic E-state index is -0.512. The van der Waals surface area contributed by atoms with E-state index in [0.29, 0.717) is 13.0 Å². The molecule has 0 aliphatic heterocycles. The van der Waals surface area contributed by atoms with Gasteiger partial charge in [-0.15, -0.1) is 11.8 Å². The van der Waals surface area contributed by atoms with Crippen molar-refractivity contribution in [2.75, 3.05) is 6.54 Å². The maximum Gasteiger partial charge on any atom is 0.233 e. The molecule has 1 heterocycles. The van der Waals surface area contributed by atoms with E-state index in [1.807, 2.05) is 37.6 Å². The van der Waals surface area contributed by atoms with Crippen molar-refractivity contribution in [3.05, 3.63) is 78.1 Å². The summed E-state index contributed by atoms with van der Waals surface area (Å²) in [5.74, 6) is -0.203. The number of phenols is 1. The van der Waals surface area contributed by atoms with Gasteiger partial charge in [0.2, 0.25) is 5.91 Å². The van der Waals surface area contributed by atoms with Crippen molar-refractivity contribution in [1.82, 2.24) is 14.9 Å². The third kappa shape index (κ3) is 5.02. The number of amides is 1. The summed E-state index contributed by atoms with van der Waals surface area (Å²) in [6.45, 7) is 4.30. The molecule has 30 heavy (non-hydrogen) atoms. The molecule has 3 aromatic rings. The molecule has 0 radical (unpaired) electrons. The van der Waals surface area contributed by atoms with Crippen molar-refractivity contribution in [3.63, 3.8) is 0 Å². The van der Waals surface area contributed by atoms with Crippen LogP contribution in [0.3, 0.4) is 0 Å². The second-order valence-corrected chi connectivity index (χ2v) is 8.94. The number of aryl methyl sites for hydroxylation is 1. The molecule has 0 saturated heterocycles. The Kier molecular flexibility index (Phi) is 6.82. The average Bonchev–Trinajstić information content (AvgIpc) is 3.14. The molecule has 0 aliphatic carbocycles. The topological polar surface area (TPSA) is 67.2 Å². The van der Waals surface area contributed by atoms with Crippen molar-refractivity contribution in [2.45, 2.75) is 35.8 Å². The molecule has 3 rings (SSSR count). The lowest BCUT2D eigenvalue weighted by molar-refractivity contribution is -0.120. The van der Waals surface area contributed by atoms with Gasteiger partial charge in [0.05, 0.1) is 11.6 Å². The van der Waals surface area contributed by atoms with Crippen LogP contribution in [0.1, 0.15) is 31.5 Å². The van der Waals surface area contributed by atoms with Gasteiger partial charge < -0.3 is 15.0 Å². The first kappa shape index (κ1) is 21.9. The van der Waals surface area contributed by atoms with Crippen molar-refractivity contribution < 1.29 is 14.3 Å². The summed E-state index contributed by atoms with van der Waals surface area (Å²) in [7, 11) is 1.91. The number of thioether (sulfide) groups is 1. The fourth-order valence-corrected chi connectivity index (χ4v) is 4.48. The SMILES string of the molecule is CC(Sc1cccc(O)c1)C(=O)NCCC(C)(c1cccc(F)c1)c1cncn1C. The second kappa shape index (κ2) is 9.34. The predicted octanol–water partition coefficient (Wildman–Crippen LogP) is 4.26. The van der Waals surface area contributed by atoms with Crippen molar-refractivity contribution >= 4 is 17.7 Å². The number of aromatic hydroxyl groups is 1. The molecule has 0 bridgehead atoms. The molecule has 5 nitrogen and oxygen atoms in total. The van der Waals surface area contributed by atoms with E-state index in [-0.39, 0.29) is 22.7 Å². The van der Waals surface area contributed by atoms with Gasteiger partial charge in [-0.3, -0.25) is 4.79 Å². The molecule has 1 aromatic heterocycles. The quantitative estimate of drug-likeness (QED) is 0.527. The van der Waals surface area contributed by atoms with Crippen LogP contribution >= 0.6 is 11.8 Å². The van der Waals surface area contributed by atoms with Crippen LogP contribution in [0.15, 0.2) is 66.0 Å². The monoisotopic (exact) mass is 427 g/mol. The summed E-state index contributed by atoms with van der Waals surface area (Å²) < 4.78 is 15.8. The van der Waals surface area contributed by atoms with Crippen LogP contribution in [0.25, 0.3) is 0 Å². The van der Waals surface area contributed by atoms with Crippen LogP contribution in [0.4, 0.5) is 4.39 Å². The van der Waals surface area contributed by atoms with E-state index in [1.165, 1.54) is 23.9 Å². The number of imidazole rings is 1.